The van der Waals surface area contributed by atoms with Crippen LogP contribution in [0.15, 0.2) is 36.9 Å². The first-order valence-corrected chi connectivity index (χ1v) is 5.36. The van der Waals surface area contributed by atoms with Crippen LogP contribution in [0.25, 0.3) is 0 Å². The number of hydrogen-bond donors (Lipinski definition) is 1. The third kappa shape index (κ3) is 3.69. The summed E-state index contributed by atoms with van der Waals surface area (Å²) in [6, 6.07) is 5.56. The normalized spacial score (nSPS) is 11.2. The van der Waals surface area contributed by atoms with Crippen LogP contribution < -0.4 is 5.11 Å². The van der Waals surface area contributed by atoms with Gasteiger partial charge in [0.1, 0.15) is 5.82 Å². The highest BCUT2D eigenvalue weighted by molar-refractivity contribution is 6.61. The van der Waals surface area contributed by atoms with Gasteiger partial charge in [0, 0.05) is 12.3 Å². The fraction of sp³-hybridized carbons (Fsp3) is 0.154. The minimum Gasteiger partial charge on any atom is -0.538 e. The van der Waals surface area contributed by atoms with Crippen LogP contribution in [-0.4, -0.2) is 22.3 Å². The molecule has 6 heteroatoms. The van der Waals surface area contributed by atoms with Gasteiger partial charge in [-0.3, -0.25) is 4.79 Å². The molecule has 1 N–H and O–H groups in total. The molecule has 0 heterocycles. The Hall–Kier alpha value is -2.59. The highest BCUT2D eigenvalue weighted by atomic mass is 19.1. The molecule has 0 spiro atoms. The highest BCUT2D eigenvalue weighted by Gasteiger charge is 2.27. The summed E-state index contributed by atoms with van der Waals surface area (Å²) >= 11 is 0. The molecule has 0 saturated carbocycles. The Morgan fingerprint density at radius 3 is 2.68 bits per heavy atom. The van der Waals surface area contributed by atoms with Crippen LogP contribution in [-0.2, 0) is 9.59 Å². The number of carboxylic acids is 1. The van der Waals surface area contributed by atoms with Crippen LogP contribution in [0.3, 0.4) is 0 Å². The molecule has 0 aliphatic carbocycles. The van der Waals surface area contributed by atoms with Crippen LogP contribution in [0, 0.1) is 11.3 Å². The zero-order valence-electron chi connectivity index (χ0n) is 9.93. The number of benzene rings is 1. The SMILES string of the molecule is C=C[C@H](CC(=O)C(=[N+]=N)C(=O)[O-])c1cccc(F)c1. The molecule has 0 aliphatic heterocycles. The van der Waals surface area contributed by atoms with E-state index in [2.05, 4.69) is 11.4 Å². The largest absolute Gasteiger partial charge is 0.538 e. The first-order chi connectivity index (χ1) is 8.99. The summed E-state index contributed by atoms with van der Waals surface area (Å²) in [7, 11) is 0. The molecule has 1 atom stereocenters. The molecular formula is C13H11FN2O3. The van der Waals surface area contributed by atoms with E-state index < -0.39 is 29.2 Å². The van der Waals surface area contributed by atoms with Gasteiger partial charge in [0.2, 0.25) is 0 Å². The van der Waals surface area contributed by atoms with Crippen molar-refractivity contribution in [2.24, 2.45) is 0 Å². The number of allylic oxidation sites excluding steroid dienone is 1. The lowest BCUT2D eigenvalue weighted by Crippen LogP contribution is -2.38. The predicted octanol–water partition coefficient (Wildman–Crippen LogP) is 0.485. The molecule has 98 valence electrons. The van der Waals surface area contributed by atoms with E-state index in [1.54, 1.807) is 6.07 Å². The summed E-state index contributed by atoms with van der Waals surface area (Å²) in [6.07, 6.45) is 1.14. The molecule has 19 heavy (non-hydrogen) atoms. The van der Waals surface area contributed by atoms with Crippen molar-refractivity contribution in [2.45, 2.75) is 12.3 Å². The van der Waals surface area contributed by atoms with E-state index >= 15 is 0 Å². The second-order valence-electron chi connectivity index (χ2n) is 3.77. The lowest BCUT2D eigenvalue weighted by Gasteiger charge is -2.10. The number of carbonyl (C=O) groups is 2. The second kappa shape index (κ2) is 6.37. The minimum absolute atomic E-state index is 0.265. The van der Waals surface area contributed by atoms with E-state index in [1.807, 2.05) is 0 Å². The number of nitrogens with one attached hydrogen (secondary N) is 1. The molecule has 0 unspecified atom stereocenters. The van der Waals surface area contributed by atoms with Crippen LogP contribution in [0.4, 0.5) is 4.39 Å². The number of halogens is 1. The number of aliphatic carboxylic acids is 1. The first kappa shape index (κ1) is 14.5. The molecule has 1 aromatic carbocycles. The van der Waals surface area contributed by atoms with Gasteiger partial charge in [-0.2, -0.15) is 0 Å². The molecule has 1 rings (SSSR count). The van der Waals surface area contributed by atoms with Crippen molar-refractivity contribution in [1.29, 1.82) is 5.53 Å². The smallest absolute Gasteiger partial charge is 0.429 e. The monoisotopic (exact) mass is 262 g/mol. The van der Waals surface area contributed by atoms with Gasteiger partial charge in [-0.25, -0.2) is 4.39 Å². The molecule has 0 amide bonds. The quantitative estimate of drug-likeness (QED) is 0.265. The predicted molar refractivity (Wildman–Crippen MR) is 62.0 cm³/mol. The molecule has 0 fully saturated rings. The van der Waals surface area contributed by atoms with Crippen LogP contribution in [0.2, 0.25) is 0 Å². The Bertz CT molecular complexity index is 577. The van der Waals surface area contributed by atoms with Crippen molar-refractivity contribution in [3.05, 3.63) is 48.3 Å². The lowest BCUT2D eigenvalue weighted by atomic mass is 9.92. The van der Waals surface area contributed by atoms with E-state index in [4.69, 9.17) is 5.53 Å². The number of Topliss-reactive ketones (excluding diaryl/α,β-unsaturated/α-hetero) is 1. The average molecular weight is 262 g/mol. The van der Waals surface area contributed by atoms with E-state index in [9.17, 15) is 19.1 Å². The van der Waals surface area contributed by atoms with Crippen molar-refractivity contribution in [3.63, 3.8) is 0 Å². The Morgan fingerprint density at radius 2 is 2.21 bits per heavy atom. The van der Waals surface area contributed by atoms with Gasteiger partial charge in [0.15, 0.2) is 5.97 Å². The summed E-state index contributed by atoms with van der Waals surface area (Å²) in [6.45, 7) is 3.53. The Balaban J connectivity index is 2.95. The molecular weight excluding hydrogens is 251 g/mol. The summed E-state index contributed by atoms with van der Waals surface area (Å²) in [5, 5.41) is 10.6. The molecule has 0 bridgehead atoms. The zero-order valence-corrected chi connectivity index (χ0v) is 9.93. The Kier molecular flexibility index (Phi) is 4.85. The standard InChI is InChI=1S/C13H11FN2O3/c1-2-8(9-4-3-5-10(14)6-9)7-11(17)12(16-15)13(18)19/h2-6,8,15H,1,7H2/t8-/m1/s1. The minimum atomic E-state index is -1.80. The number of nitrogens with zero attached hydrogens (tertiary/aromatic N) is 1. The molecule has 1 aromatic rings. The van der Waals surface area contributed by atoms with Gasteiger partial charge in [0.05, 0.1) is 10.3 Å². The van der Waals surface area contributed by atoms with Crippen molar-refractivity contribution in [3.8, 4) is 0 Å². The first-order valence-electron chi connectivity index (χ1n) is 5.36. The van der Waals surface area contributed by atoms with Crippen molar-refractivity contribution in [1.82, 2.24) is 0 Å². The average Bonchev–Trinajstić information content (AvgIpc) is 2.36. The molecule has 5 nitrogen and oxygen atoms in total. The molecule has 0 aliphatic rings. The molecule has 0 radical (unpaired) electrons. The fourth-order valence-electron chi connectivity index (χ4n) is 1.59. The van der Waals surface area contributed by atoms with E-state index in [0.717, 1.165) is 0 Å². The summed E-state index contributed by atoms with van der Waals surface area (Å²) in [4.78, 5) is 24.8. The van der Waals surface area contributed by atoms with Crippen LogP contribution >= 0.6 is 0 Å². The maximum atomic E-state index is 13.1. The zero-order chi connectivity index (χ0) is 14.4. The summed E-state index contributed by atoms with van der Waals surface area (Å²) in [5.74, 6) is -3.68. The van der Waals surface area contributed by atoms with Crippen molar-refractivity contribution < 1.29 is 23.9 Å². The van der Waals surface area contributed by atoms with E-state index in [0.29, 0.717) is 5.56 Å². The molecule has 0 saturated heterocycles. The van der Waals surface area contributed by atoms with E-state index in [-0.39, 0.29) is 6.42 Å². The van der Waals surface area contributed by atoms with E-state index in [1.165, 1.54) is 24.3 Å². The molecule has 0 aromatic heterocycles. The maximum Gasteiger partial charge on any atom is 0.429 e. The van der Waals surface area contributed by atoms with Crippen LogP contribution in [0.1, 0.15) is 17.9 Å². The number of hydrogen-bond acceptors (Lipinski definition) is 4. The lowest BCUT2D eigenvalue weighted by molar-refractivity contribution is -0.298. The van der Waals surface area contributed by atoms with Gasteiger partial charge >= 0.3 is 5.71 Å². The van der Waals surface area contributed by atoms with Crippen LogP contribution in [0.5, 0.6) is 0 Å². The fourth-order valence-corrected chi connectivity index (χ4v) is 1.59. The van der Waals surface area contributed by atoms with Gasteiger partial charge in [-0.05, 0) is 17.7 Å². The maximum absolute atomic E-state index is 13.1. The Labute approximate surface area is 108 Å². The van der Waals surface area contributed by atoms with Gasteiger partial charge in [-0.1, -0.05) is 18.2 Å². The summed E-state index contributed by atoms with van der Waals surface area (Å²) in [5.41, 5.74) is 6.16. The highest BCUT2D eigenvalue weighted by Crippen LogP contribution is 2.21. The number of ketones is 1. The number of carbonyl (C=O) groups excluding carboxylic acids is 2. The number of carboxylic acid groups (broad SMARTS) is 1. The third-order valence-corrected chi connectivity index (χ3v) is 2.54. The number of rotatable bonds is 6. The Morgan fingerprint density at radius 1 is 1.53 bits per heavy atom. The third-order valence-electron chi connectivity index (χ3n) is 2.54. The second-order valence-corrected chi connectivity index (χ2v) is 3.77. The van der Waals surface area contributed by atoms with Crippen molar-refractivity contribution >= 4 is 17.5 Å². The topological polar surface area (TPSA) is 95.2 Å². The van der Waals surface area contributed by atoms with Crippen molar-refractivity contribution in [2.75, 3.05) is 0 Å². The van der Waals surface area contributed by atoms with Gasteiger partial charge in [-0.15, -0.1) is 6.58 Å². The van der Waals surface area contributed by atoms with Gasteiger partial charge in [0.25, 0.3) is 5.78 Å². The van der Waals surface area contributed by atoms with Gasteiger partial charge < -0.3 is 9.90 Å². The summed E-state index contributed by atoms with van der Waals surface area (Å²) < 4.78 is 13.1.